The smallest absolute Gasteiger partial charge is 0.252 e. The van der Waals surface area contributed by atoms with Crippen molar-refractivity contribution < 1.29 is 9.18 Å². The third kappa shape index (κ3) is 3.63. The Morgan fingerprint density at radius 2 is 2.11 bits per heavy atom. The fraction of sp³-hybridized carbons (Fsp3) is 0.105. The number of nitrogens with zero attached hydrogens (tertiary/aromatic N) is 3. The van der Waals surface area contributed by atoms with E-state index in [1.165, 1.54) is 18.2 Å². The highest BCUT2D eigenvalue weighted by Crippen LogP contribution is 2.16. The number of fused-ring (bicyclic) bond motifs is 1. The Bertz CT molecular complexity index is 1200. The van der Waals surface area contributed by atoms with E-state index in [-0.39, 0.29) is 12.1 Å². The molecule has 3 heterocycles. The Morgan fingerprint density at radius 3 is 2.93 bits per heavy atom. The fourth-order valence-corrected chi connectivity index (χ4v) is 2.83. The van der Waals surface area contributed by atoms with Gasteiger partial charge in [0, 0.05) is 47.9 Å². The van der Waals surface area contributed by atoms with Gasteiger partial charge in [-0.2, -0.15) is 5.10 Å². The van der Waals surface area contributed by atoms with Crippen molar-refractivity contribution in [3.8, 4) is 11.4 Å². The molecule has 4 rings (SSSR count). The molecule has 3 aromatic heterocycles. The molecular weight excluding hydrogens is 363 g/mol. The van der Waals surface area contributed by atoms with Gasteiger partial charge in [-0.3, -0.25) is 19.7 Å². The van der Waals surface area contributed by atoms with Crippen LogP contribution in [0, 0.1) is 5.82 Å². The molecule has 0 aliphatic rings. The Balaban J connectivity index is 1.46. The summed E-state index contributed by atoms with van der Waals surface area (Å²) in [5.41, 5.74) is 0.869. The highest BCUT2D eigenvalue weighted by molar-refractivity contribution is 6.05. The summed E-state index contributed by atoms with van der Waals surface area (Å²) < 4.78 is 13.5. The third-order valence-corrected chi connectivity index (χ3v) is 4.15. The van der Waals surface area contributed by atoms with Crippen LogP contribution in [0.3, 0.4) is 0 Å². The van der Waals surface area contributed by atoms with Gasteiger partial charge in [0.1, 0.15) is 11.6 Å². The van der Waals surface area contributed by atoms with Crippen LogP contribution in [-0.2, 0) is 6.42 Å². The van der Waals surface area contributed by atoms with Crippen LogP contribution in [0.4, 0.5) is 4.39 Å². The molecule has 1 amide bonds. The van der Waals surface area contributed by atoms with Crippen LogP contribution in [-0.4, -0.2) is 37.6 Å². The summed E-state index contributed by atoms with van der Waals surface area (Å²) >= 11 is 0. The summed E-state index contributed by atoms with van der Waals surface area (Å²) in [6, 6.07) is 8.67. The van der Waals surface area contributed by atoms with Crippen LogP contribution >= 0.6 is 0 Å². The van der Waals surface area contributed by atoms with Gasteiger partial charge in [0.15, 0.2) is 5.82 Å². The molecule has 0 aliphatic heterocycles. The van der Waals surface area contributed by atoms with E-state index in [2.05, 4.69) is 30.5 Å². The predicted octanol–water partition coefficient (Wildman–Crippen LogP) is 1.82. The number of carbonyl (C=O) groups is 1. The monoisotopic (exact) mass is 378 g/mol. The van der Waals surface area contributed by atoms with Gasteiger partial charge in [-0.05, 0) is 30.3 Å². The van der Waals surface area contributed by atoms with Crippen molar-refractivity contribution in [3.63, 3.8) is 0 Å². The standard InChI is InChI=1S/C19H15FN6O2/c20-12-3-4-15-13(8-12)14(9-17(27)23-15)19(28)22-7-5-16-24-18(26-25-16)11-2-1-6-21-10-11/h1-4,6,8-10H,5,7H2,(H,22,28)(H,23,27)(H,24,25,26). The second kappa shape index (κ2) is 7.39. The number of H-pyrrole nitrogens is 2. The number of pyridine rings is 2. The number of benzene rings is 1. The van der Waals surface area contributed by atoms with Crippen molar-refractivity contribution in [3.05, 3.63) is 76.4 Å². The lowest BCUT2D eigenvalue weighted by molar-refractivity contribution is 0.0955. The lowest BCUT2D eigenvalue weighted by Gasteiger charge is -2.07. The van der Waals surface area contributed by atoms with Gasteiger partial charge >= 0.3 is 0 Å². The maximum Gasteiger partial charge on any atom is 0.252 e. The zero-order valence-corrected chi connectivity index (χ0v) is 14.6. The van der Waals surface area contributed by atoms with Crippen LogP contribution < -0.4 is 10.9 Å². The normalized spacial score (nSPS) is 10.9. The molecule has 3 N–H and O–H groups in total. The van der Waals surface area contributed by atoms with E-state index in [0.717, 1.165) is 11.6 Å². The van der Waals surface area contributed by atoms with Crippen molar-refractivity contribution in [2.75, 3.05) is 6.54 Å². The first-order valence-electron chi connectivity index (χ1n) is 8.52. The summed E-state index contributed by atoms with van der Waals surface area (Å²) in [6.45, 7) is 0.268. The molecular formula is C19H15FN6O2. The van der Waals surface area contributed by atoms with E-state index in [1.807, 2.05) is 6.07 Å². The first kappa shape index (κ1) is 17.5. The Kier molecular flexibility index (Phi) is 4.63. The molecule has 0 saturated heterocycles. The number of aromatic amines is 2. The molecule has 9 heteroatoms. The highest BCUT2D eigenvalue weighted by Gasteiger charge is 2.13. The summed E-state index contributed by atoms with van der Waals surface area (Å²) in [6.07, 6.45) is 3.73. The number of hydrogen-bond donors (Lipinski definition) is 3. The van der Waals surface area contributed by atoms with Crippen molar-refractivity contribution >= 4 is 16.8 Å². The molecule has 8 nitrogen and oxygen atoms in total. The van der Waals surface area contributed by atoms with Gasteiger partial charge < -0.3 is 10.3 Å². The fourth-order valence-electron chi connectivity index (χ4n) is 2.83. The second-order valence-corrected chi connectivity index (χ2v) is 6.09. The molecule has 0 spiro atoms. The van der Waals surface area contributed by atoms with E-state index in [1.54, 1.807) is 18.5 Å². The second-order valence-electron chi connectivity index (χ2n) is 6.09. The number of carbonyl (C=O) groups excluding carboxylic acids is 1. The average Bonchev–Trinajstić information content (AvgIpc) is 3.17. The van der Waals surface area contributed by atoms with Gasteiger partial charge in [-0.25, -0.2) is 9.37 Å². The maximum atomic E-state index is 13.5. The first-order chi connectivity index (χ1) is 13.6. The maximum absolute atomic E-state index is 13.5. The van der Waals surface area contributed by atoms with Crippen molar-refractivity contribution in [1.82, 2.24) is 30.5 Å². The molecule has 28 heavy (non-hydrogen) atoms. The van der Waals surface area contributed by atoms with Crippen LogP contribution in [0.1, 0.15) is 16.2 Å². The lowest BCUT2D eigenvalue weighted by atomic mass is 10.1. The van der Waals surface area contributed by atoms with E-state index >= 15 is 0 Å². The number of hydrogen-bond acceptors (Lipinski definition) is 5. The molecule has 0 atom stereocenters. The summed E-state index contributed by atoms with van der Waals surface area (Å²) in [7, 11) is 0. The highest BCUT2D eigenvalue weighted by atomic mass is 19.1. The molecule has 140 valence electrons. The number of amides is 1. The van der Waals surface area contributed by atoms with Crippen LogP contribution in [0.2, 0.25) is 0 Å². The Hall–Kier alpha value is -3.88. The molecule has 1 aromatic carbocycles. The van der Waals surface area contributed by atoms with E-state index < -0.39 is 17.3 Å². The van der Waals surface area contributed by atoms with Gasteiger partial charge in [-0.1, -0.05) is 0 Å². The average molecular weight is 378 g/mol. The quantitative estimate of drug-likeness (QED) is 0.490. The van der Waals surface area contributed by atoms with Gasteiger partial charge in [0.25, 0.3) is 5.91 Å². The summed E-state index contributed by atoms with van der Waals surface area (Å²) in [5.74, 6) is 0.165. The molecule has 0 saturated carbocycles. The van der Waals surface area contributed by atoms with Crippen molar-refractivity contribution in [2.45, 2.75) is 6.42 Å². The topological polar surface area (TPSA) is 116 Å². The predicted molar refractivity (Wildman–Crippen MR) is 100 cm³/mol. The zero-order valence-electron chi connectivity index (χ0n) is 14.6. The van der Waals surface area contributed by atoms with Crippen molar-refractivity contribution in [1.29, 1.82) is 0 Å². The minimum Gasteiger partial charge on any atom is -0.352 e. The molecule has 0 fully saturated rings. The summed E-state index contributed by atoms with van der Waals surface area (Å²) in [4.78, 5) is 35.2. The van der Waals surface area contributed by atoms with Gasteiger partial charge in [-0.15, -0.1) is 0 Å². The van der Waals surface area contributed by atoms with Gasteiger partial charge in [0.05, 0.1) is 5.56 Å². The number of nitrogens with one attached hydrogen (secondary N) is 3. The van der Waals surface area contributed by atoms with Crippen LogP contribution in [0.5, 0.6) is 0 Å². The van der Waals surface area contributed by atoms with Crippen molar-refractivity contribution in [2.24, 2.45) is 0 Å². The number of aromatic nitrogens is 5. The minimum atomic E-state index is -0.488. The number of halogens is 1. The molecule has 0 bridgehead atoms. The third-order valence-electron chi connectivity index (χ3n) is 4.15. The SMILES string of the molecule is O=C(NCCc1nc(-c2cccnc2)n[nH]1)c1cc(=O)[nH]c2ccc(F)cc12. The molecule has 0 unspecified atom stereocenters. The van der Waals surface area contributed by atoms with Crippen LogP contribution in [0.25, 0.3) is 22.3 Å². The first-order valence-corrected chi connectivity index (χ1v) is 8.52. The minimum absolute atomic E-state index is 0.117. The van der Waals surface area contributed by atoms with E-state index in [4.69, 9.17) is 0 Å². The van der Waals surface area contributed by atoms with Gasteiger partial charge in [0.2, 0.25) is 5.56 Å². The van der Waals surface area contributed by atoms with E-state index in [9.17, 15) is 14.0 Å². The Labute approximate surface area is 157 Å². The van der Waals surface area contributed by atoms with Crippen LogP contribution in [0.15, 0.2) is 53.6 Å². The lowest BCUT2D eigenvalue weighted by Crippen LogP contribution is -2.27. The molecule has 4 aromatic rings. The molecule has 0 radical (unpaired) electrons. The zero-order chi connectivity index (χ0) is 19.5. The largest absolute Gasteiger partial charge is 0.352 e. The molecule has 0 aliphatic carbocycles. The summed E-state index contributed by atoms with van der Waals surface area (Å²) in [5, 5.41) is 10.0. The Morgan fingerprint density at radius 1 is 1.21 bits per heavy atom. The van der Waals surface area contributed by atoms with E-state index in [0.29, 0.717) is 29.0 Å². The number of rotatable bonds is 5.